The number of carbonyl (C=O) groups excluding carboxylic acids is 1. The molecule has 0 radical (unpaired) electrons. The number of ether oxygens (including phenoxy) is 1. The second kappa shape index (κ2) is 8.45. The first-order valence-corrected chi connectivity index (χ1v) is 9.37. The van der Waals surface area contributed by atoms with E-state index in [1.54, 1.807) is 0 Å². The summed E-state index contributed by atoms with van der Waals surface area (Å²) in [6.45, 7) is 2.79. The van der Waals surface area contributed by atoms with Crippen molar-refractivity contribution in [2.24, 2.45) is 0 Å². The molecule has 0 aliphatic rings. The smallest absolute Gasteiger partial charge is 0.416 e. The number of alkyl halides is 3. The average Bonchev–Trinajstić information content (AvgIpc) is 2.74. The van der Waals surface area contributed by atoms with E-state index in [-0.39, 0.29) is 11.4 Å². The van der Waals surface area contributed by atoms with Crippen molar-refractivity contribution in [1.29, 1.82) is 0 Å². The monoisotopic (exact) mass is 449 g/mol. The highest BCUT2D eigenvalue weighted by Gasteiger charge is 2.35. The third kappa shape index (κ3) is 4.63. The summed E-state index contributed by atoms with van der Waals surface area (Å²) < 4.78 is 58.4. The van der Waals surface area contributed by atoms with Crippen molar-refractivity contribution in [3.63, 3.8) is 0 Å². The first-order chi connectivity index (χ1) is 14.9. The molecule has 0 atom stereocenters. The third-order valence-corrected chi connectivity index (χ3v) is 4.80. The summed E-state index contributed by atoms with van der Waals surface area (Å²) in [6.07, 6.45) is -4.62. The molecular weight excluding hydrogens is 430 g/mol. The minimum Gasteiger partial charge on any atom is -0.495 e. The molecule has 0 bridgehead atoms. The Morgan fingerprint density at radius 1 is 1.03 bits per heavy atom. The topological polar surface area (TPSA) is 73.2 Å². The van der Waals surface area contributed by atoms with Gasteiger partial charge in [0.25, 0.3) is 11.5 Å². The molecule has 1 N–H and O–H groups in total. The van der Waals surface area contributed by atoms with Gasteiger partial charge in [-0.05, 0) is 62.4 Å². The first-order valence-electron chi connectivity index (χ1n) is 9.37. The van der Waals surface area contributed by atoms with E-state index < -0.39 is 34.6 Å². The number of halogens is 4. The van der Waals surface area contributed by atoms with E-state index in [9.17, 15) is 27.2 Å². The Balaban J connectivity index is 1.98. The lowest BCUT2D eigenvalue weighted by Crippen LogP contribution is -2.47. The Kier molecular flexibility index (Phi) is 6.07. The molecule has 1 aromatic heterocycles. The van der Waals surface area contributed by atoms with Gasteiger partial charge in [-0.2, -0.15) is 18.3 Å². The van der Waals surface area contributed by atoms with Crippen LogP contribution in [0.2, 0.25) is 0 Å². The van der Waals surface area contributed by atoms with Crippen molar-refractivity contribution >= 4 is 11.6 Å². The number of amides is 1. The fourth-order valence-corrected chi connectivity index (χ4v) is 2.94. The number of anilines is 1. The Bertz CT molecular complexity index is 1200. The maximum absolute atomic E-state index is 13.2. The maximum atomic E-state index is 13.2. The van der Waals surface area contributed by atoms with Gasteiger partial charge in [0.2, 0.25) is 0 Å². The molecule has 10 heteroatoms. The summed E-state index contributed by atoms with van der Waals surface area (Å²) >= 11 is 0. The lowest BCUT2D eigenvalue weighted by atomic mass is 10.0. The van der Waals surface area contributed by atoms with Gasteiger partial charge in [-0.3, -0.25) is 9.59 Å². The van der Waals surface area contributed by atoms with E-state index in [0.717, 1.165) is 22.9 Å². The number of benzene rings is 2. The predicted molar refractivity (Wildman–Crippen MR) is 110 cm³/mol. The average molecular weight is 449 g/mol. The van der Waals surface area contributed by atoms with Crippen LogP contribution in [0, 0.1) is 5.82 Å². The van der Waals surface area contributed by atoms with Crippen LogP contribution in [0.4, 0.5) is 23.2 Å². The van der Waals surface area contributed by atoms with E-state index in [4.69, 9.17) is 4.74 Å². The van der Waals surface area contributed by atoms with Crippen LogP contribution < -0.4 is 15.6 Å². The molecule has 32 heavy (non-hydrogen) atoms. The van der Waals surface area contributed by atoms with Gasteiger partial charge < -0.3 is 10.1 Å². The summed E-state index contributed by atoms with van der Waals surface area (Å²) in [7, 11) is 1.25. The number of carbonyl (C=O) groups is 1. The summed E-state index contributed by atoms with van der Waals surface area (Å²) in [5.41, 5.74) is -2.56. The zero-order chi connectivity index (χ0) is 23.7. The fourth-order valence-electron chi connectivity index (χ4n) is 2.94. The molecular formula is C22H19F4N3O3. The highest BCUT2D eigenvalue weighted by Crippen LogP contribution is 2.35. The summed E-state index contributed by atoms with van der Waals surface area (Å²) in [5.74, 6) is -1.22. The summed E-state index contributed by atoms with van der Waals surface area (Å²) in [4.78, 5) is 25.5. The van der Waals surface area contributed by atoms with Crippen LogP contribution in [0.15, 0.2) is 59.4 Å². The zero-order valence-corrected chi connectivity index (χ0v) is 17.3. The number of hydrogen-bond donors (Lipinski definition) is 1. The van der Waals surface area contributed by atoms with Crippen molar-refractivity contribution in [2.75, 3.05) is 12.4 Å². The largest absolute Gasteiger partial charge is 0.495 e. The number of methoxy groups -OCH3 is 1. The van der Waals surface area contributed by atoms with Gasteiger partial charge in [0.1, 0.15) is 17.1 Å². The third-order valence-electron chi connectivity index (χ3n) is 4.80. The molecule has 3 rings (SSSR count). The van der Waals surface area contributed by atoms with Gasteiger partial charge >= 0.3 is 6.18 Å². The Labute approximate surface area is 180 Å². The summed E-state index contributed by atoms with van der Waals surface area (Å²) in [5, 5.41) is 6.61. The van der Waals surface area contributed by atoms with Crippen LogP contribution in [0.1, 0.15) is 19.4 Å². The van der Waals surface area contributed by atoms with E-state index in [0.29, 0.717) is 11.3 Å². The van der Waals surface area contributed by atoms with Crippen molar-refractivity contribution in [3.8, 4) is 17.0 Å². The van der Waals surface area contributed by atoms with Crippen molar-refractivity contribution in [1.82, 2.24) is 9.78 Å². The summed E-state index contributed by atoms with van der Waals surface area (Å²) in [6, 6.07) is 10.7. The van der Waals surface area contributed by atoms with Gasteiger partial charge in [-0.1, -0.05) is 0 Å². The van der Waals surface area contributed by atoms with E-state index in [1.807, 2.05) is 0 Å². The number of nitrogens with zero attached hydrogens (tertiary/aromatic N) is 2. The molecule has 0 saturated heterocycles. The predicted octanol–water partition coefficient (Wildman–Crippen LogP) is 4.45. The molecule has 0 saturated carbocycles. The van der Waals surface area contributed by atoms with E-state index in [2.05, 4.69) is 10.4 Å². The Hall–Kier alpha value is -3.69. The minimum absolute atomic E-state index is 0.0162. The molecule has 6 nitrogen and oxygen atoms in total. The lowest BCUT2D eigenvalue weighted by molar-refractivity contribution is -0.137. The molecule has 168 valence electrons. The van der Waals surface area contributed by atoms with Crippen molar-refractivity contribution in [2.45, 2.75) is 25.6 Å². The molecule has 0 spiro atoms. The number of hydrogen-bond acceptors (Lipinski definition) is 4. The van der Waals surface area contributed by atoms with Crippen LogP contribution in [0.25, 0.3) is 11.3 Å². The van der Waals surface area contributed by atoms with E-state index >= 15 is 0 Å². The standard InChI is InChI=1S/C22H19F4N3O3/c1-21(2,20(31)27-17-12-14(22(24,25)26)6-10-18(17)32-3)29-19(30)11-9-16(28-29)13-4-7-15(23)8-5-13/h4-12H,1-3H3,(H,27,31). The normalized spacial score (nSPS) is 11.8. The van der Waals surface area contributed by atoms with Crippen molar-refractivity contribution in [3.05, 3.63) is 76.3 Å². The van der Waals surface area contributed by atoms with Gasteiger partial charge in [0, 0.05) is 11.6 Å². The van der Waals surface area contributed by atoms with Crippen LogP contribution in [0.5, 0.6) is 5.75 Å². The lowest BCUT2D eigenvalue weighted by Gasteiger charge is -2.26. The highest BCUT2D eigenvalue weighted by atomic mass is 19.4. The molecule has 1 heterocycles. The van der Waals surface area contributed by atoms with Gasteiger partial charge in [0.15, 0.2) is 0 Å². The van der Waals surface area contributed by atoms with Crippen LogP contribution >= 0.6 is 0 Å². The van der Waals surface area contributed by atoms with Crippen LogP contribution in [-0.2, 0) is 16.5 Å². The Morgan fingerprint density at radius 2 is 1.69 bits per heavy atom. The van der Waals surface area contributed by atoms with Crippen LogP contribution in [-0.4, -0.2) is 22.8 Å². The van der Waals surface area contributed by atoms with E-state index in [1.165, 1.54) is 57.4 Å². The maximum Gasteiger partial charge on any atom is 0.416 e. The molecule has 0 aliphatic heterocycles. The molecule has 2 aromatic carbocycles. The van der Waals surface area contributed by atoms with Crippen LogP contribution in [0.3, 0.4) is 0 Å². The minimum atomic E-state index is -4.62. The molecule has 0 fully saturated rings. The number of rotatable bonds is 5. The van der Waals surface area contributed by atoms with Gasteiger partial charge in [-0.25, -0.2) is 9.07 Å². The highest BCUT2D eigenvalue weighted by molar-refractivity contribution is 5.97. The number of aromatic nitrogens is 2. The number of nitrogens with one attached hydrogen (secondary N) is 1. The quantitative estimate of drug-likeness (QED) is 0.584. The van der Waals surface area contributed by atoms with Gasteiger partial charge in [-0.15, -0.1) is 0 Å². The molecule has 1 amide bonds. The van der Waals surface area contributed by atoms with Gasteiger partial charge in [0.05, 0.1) is 24.1 Å². The molecule has 0 unspecified atom stereocenters. The molecule has 3 aromatic rings. The second-order valence-corrected chi connectivity index (χ2v) is 7.40. The fraction of sp³-hybridized carbons (Fsp3) is 0.227. The van der Waals surface area contributed by atoms with Crippen molar-refractivity contribution < 1.29 is 27.1 Å². The first kappa shape index (κ1) is 23.0. The molecule has 0 aliphatic carbocycles. The zero-order valence-electron chi connectivity index (χ0n) is 17.3. The Morgan fingerprint density at radius 3 is 2.28 bits per heavy atom. The second-order valence-electron chi connectivity index (χ2n) is 7.40. The SMILES string of the molecule is COc1ccc(C(F)(F)F)cc1NC(=O)C(C)(C)n1nc(-c2ccc(F)cc2)ccc1=O.